The van der Waals surface area contributed by atoms with E-state index >= 15 is 0 Å². The summed E-state index contributed by atoms with van der Waals surface area (Å²) in [6, 6.07) is 7.68. The Morgan fingerprint density at radius 2 is 2.10 bits per heavy atom. The van der Waals surface area contributed by atoms with Gasteiger partial charge in [-0.3, -0.25) is 0 Å². The highest BCUT2D eigenvalue weighted by Gasteiger charge is 2.43. The molecular formula is C17H25NO3. The second-order valence-electron chi connectivity index (χ2n) is 5.86. The number of carbonyl (C=O) groups excluding carboxylic acids is 1. The average molecular weight is 291 g/mol. The zero-order valence-electron chi connectivity index (χ0n) is 13.1. The normalized spacial score (nSPS) is 25.2. The maximum Gasteiger partial charge on any atom is 0.331 e. The van der Waals surface area contributed by atoms with Crippen molar-refractivity contribution in [2.24, 2.45) is 5.92 Å². The molecule has 0 aromatic heterocycles. The SMILES string of the molecule is CCOC(=O)C1(Nc2ccc(OC)cc2)CCCC(C)C1. The first kappa shape index (κ1) is 15.7. The molecule has 1 fully saturated rings. The Hall–Kier alpha value is -1.71. The van der Waals surface area contributed by atoms with Gasteiger partial charge in [0.2, 0.25) is 0 Å². The van der Waals surface area contributed by atoms with Gasteiger partial charge in [0, 0.05) is 5.69 Å². The van der Waals surface area contributed by atoms with Gasteiger partial charge in [-0.2, -0.15) is 0 Å². The smallest absolute Gasteiger partial charge is 0.331 e. The molecule has 1 saturated carbocycles. The molecule has 4 heteroatoms. The number of esters is 1. The van der Waals surface area contributed by atoms with Crippen molar-refractivity contribution in [3.63, 3.8) is 0 Å². The predicted octanol–water partition coefficient (Wildman–Crippen LogP) is 3.62. The van der Waals surface area contributed by atoms with Crippen molar-refractivity contribution in [2.75, 3.05) is 19.0 Å². The van der Waals surface area contributed by atoms with Crippen LogP contribution in [0.3, 0.4) is 0 Å². The van der Waals surface area contributed by atoms with Gasteiger partial charge in [0.05, 0.1) is 13.7 Å². The molecule has 116 valence electrons. The highest BCUT2D eigenvalue weighted by molar-refractivity contribution is 5.84. The van der Waals surface area contributed by atoms with Crippen molar-refractivity contribution in [3.05, 3.63) is 24.3 Å². The largest absolute Gasteiger partial charge is 0.497 e. The number of carbonyl (C=O) groups is 1. The average Bonchev–Trinajstić information content (AvgIpc) is 2.48. The summed E-state index contributed by atoms with van der Waals surface area (Å²) in [6.07, 6.45) is 3.86. The van der Waals surface area contributed by atoms with Crippen LogP contribution in [0.1, 0.15) is 39.5 Å². The molecule has 0 amide bonds. The van der Waals surface area contributed by atoms with Gasteiger partial charge in [0.1, 0.15) is 11.3 Å². The number of hydrogen-bond acceptors (Lipinski definition) is 4. The lowest BCUT2D eigenvalue weighted by Crippen LogP contribution is -2.50. The summed E-state index contributed by atoms with van der Waals surface area (Å²) in [5, 5.41) is 3.43. The van der Waals surface area contributed by atoms with Crippen molar-refractivity contribution in [1.82, 2.24) is 0 Å². The van der Waals surface area contributed by atoms with Crippen molar-refractivity contribution in [3.8, 4) is 5.75 Å². The van der Waals surface area contributed by atoms with E-state index in [4.69, 9.17) is 9.47 Å². The highest BCUT2D eigenvalue weighted by Crippen LogP contribution is 2.36. The van der Waals surface area contributed by atoms with Crippen LogP contribution in [0.2, 0.25) is 0 Å². The number of hydrogen-bond donors (Lipinski definition) is 1. The summed E-state index contributed by atoms with van der Waals surface area (Å²) in [4.78, 5) is 12.5. The molecule has 21 heavy (non-hydrogen) atoms. The maximum atomic E-state index is 12.5. The Kier molecular flexibility index (Phi) is 5.10. The molecule has 4 nitrogen and oxygen atoms in total. The molecule has 1 aromatic rings. The summed E-state index contributed by atoms with van der Waals surface area (Å²) in [7, 11) is 1.64. The molecule has 2 atom stereocenters. The van der Waals surface area contributed by atoms with Gasteiger partial charge in [0.15, 0.2) is 0 Å². The molecule has 1 aromatic carbocycles. The molecule has 0 spiro atoms. The molecule has 2 rings (SSSR count). The van der Waals surface area contributed by atoms with Crippen LogP contribution in [-0.4, -0.2) is 25.2 Å². The van der Waals surface area contributed by atoms with E-state index in [1.807, 2.05) is 31.2 Å². The molecule has 0 bridgehead atoms. The zero-order valence-corrected chi connectivity index (χ0v) is 13.1. The van der Waals surface area contributed by atoms with E-state index in [1.165, 1.54) is 6.42 Å². The van der Waals surface area contributed by atoms with Crippen molar-refractivity contribution >= 4 is 11.7 Å². The number of ether oxygens (including phenoxy) is 2. The lowest BCUT2D eigenvalue weighted by atomic mass is 9.76. The van der Waals surface area contributed by atoms with E-state index in [9.17, 15) is 4.79 Å². The number of anilines is 1. The van der Waals surface area contributed by atoms with Gasteiger partial charge < -0.3 is 14.8 Å². The van der Waals surface area contributed by atoms with Gasteiger partial charge >= 0.3 is 5.97 Å². The van der Waals surface area contributed by atoms with Crippen LogP contribution in [0.25, 0.3) is 0 Å². The Balaban J connectivity index is 2.20. The van der Waals surface area contributed by atoms with Crippen molar-refractivity contribution in [1.29, 1.82) is 0 Å². The Bertz CT molecular complexity index is 471. The van der Waals surface area contributed by atoms with Gasteiger partial charge in [-0.15, -0.1) is 0 Å². The van der Waals surface area contributed by atoms with Gasteiger partial charge in [-0.05, 0) is 49.9 Å². The van der Waals surface area contributed by atoms with Gasteiger partial charge in [-0.1, -0.05) is 19.8 Å². The topological polar surface area (TPSA) is 47.6 Å². The fourth-order valence-corrected chi connectivity index (χ4v) is 3.12. The molecule has 1 N–H and O–H groups in total. The number of benzene rings is 1. The highest BCUT2D eigenvalue weighted by atomic mass is 16.5. The molecule has 0 radical (unpaired) electrons. The zero-order chi connectivity index (χ0) is 15.3. The third-order valence-corrected chi connectivity index (χ3v) is 4.14. The minimum atomic E-state index is -0.595. The molecule has 0 saturated heterocycles. The first-order valence-electron chi connectivity index (χ1n) is 7.69. The summed E-state index contributed by atoms with van der Waals surface area (Å²) in [6.45, 7) is 4.47. The second-order valence-corrected chi connectivity index (χ2v) is 5.86. The quantitative estimate of drug-likeness (QED) is 0.842. The number of methoxy groups -OCH3 is 1. The third kappa shape index (κ3) is 3.69. The fourth-order valence-electron chi connectivity index (χ4n) is 3.12. The van der Waals surface area contributed by atoms with Crippen LogP contribution in [0.4, 0.5) is 5.69 Å². The van der Waals surface area contributed by atoms with E-state index in [-0.39, 0.29) is 5.97 Å². The van der Waals surface area contributed by atoms with Gasteiger partial charge in [-0.25, -0.2) is 4.79 Å². The van der Waals surface area contributed by atoms with E-state index in [0.717, 1.165) is 30.7 Å². The minimum Gasteiger partial charge on any atom is -0.497 e. The summed E-state index contributed by atoms with van der Waals surface area (Å²) in [5.41, 5.74) is 0.334. The molecule has 1 aliphatic rings. The van der Waals surface area contributed by atoms with Crippen LogP contribution < -0.4 is 10.1 Å². The fraction of sp³-hybridized carbons (Fsp3) is 0.588. The van der Waals surface area contributed by atoms with E-state index in [1.54, 1.807) is 7.11 Å². The molecular weight excluding hydrogens is 266 g/mol. The maximum absolute atomic E-state index is 12.5. The van der Waals surface area contributed by atoms with E-state index < -0.39 is 5.54 Å². The third-order valence-electron chi connectivity index (χ3n) is 4.14. The van der Waals surface area contributed by atoms with E-state index in [2.05, 4.69) is 12.2 Å². The van der Waals surface area contributed by atoms with Crippen LogP contribution in [0, 0.1) is 5.92 Å². The number of nitrogens with one attached hydrogen (secondary N) is 1. The lowest BCUT2D eigenvalue weighted by molar-refractivity contribution is -0.150. The predicted molar refractivity (Wildman–Crippen MR) is 83.6 cm³/mol. The van der Waals surface area contributed by atoms with Crippen molar-refractivity contribution < 1.29 is 14.3 Å². The summed E-state index contributed by atoms with van der Waals surface area (Å²) in [5.74, 6) is 1.20. The molecule has 2 unspecified atom stereocenters. The first-order valence-corrected chi connectivity index (χ1v) is 7.69. The Labute approximate surface area is 126 Å². The van der Waals surface area contributed by atoms with Crippen molar-refractivity contribution in [2.45, 2.75) is 45.1 Å². The minimum absolute atomic E-state index is 0.132. The van der Waals surface area contributed by atoms with Gasteiger partial charge in [0.25, 0.3) is 0 Å². The second kappa shape index (κ2) is 6.83. The lowest BCUT2D eigenvalue weighted by Gasteiger charge is -2.39. The standard InChI is InChI=1S/C17H25NO3/c1-4-21-16(19)17(11-5-6-13(2)12-17)18-14-7-9-15(20-3)10-8-14/h7-10,13,18H,4-6,11-12H2,1-3H3. The molecule has 1 aliphatic carbocycles. The first-order chi connectivity index (χ1) is 10.1. The monoisotopic (exact) mass is 291 g/mol. The van der Waals surface area contributed by atoms with E-state index in [0.29, 0.717) is 12.5 Å². The van der Waals surface area contributed by atoms with Crippen LogP contribution in [0.5, 0.6) is 5.75 Å². The van der Waals surface area contributed by atoms with Crippen LogP contribution >= 0.6 is 0 Å². The van der Waals surface area contributed by atoms with Crippen LogP contribution in [0.15, 0.2) is 24.3 Å². The number of rotatable bonds is 5. The Morgan fingerprint density at radius 1 is 1.38 bits per heavy atom. The molecule has 0 heterocycles. The molecule has 0 aliphatic heterocycles. The summed E-state index contributed by atoms with van der Waals surface area (Å²) < 4.78 is 10.5. The summed E-state index contributed by atoms with van der Waals surface area (Å²) >= 11 is 0. The van der Waals surface area contributed by atoms with Crippen LogP contribution in [-0.2, 0) is 9.53 Å². The Morgan fingerprint density at radius 3 is 2.67 bits per heavy atom.